The largest absolute Gasteiger partial charge is 0.369 e. The molecule has 2 aromatic rings. The molecule has 128 valence electrons. The maximum absolute atomic E-state index is 6.08. The number of nitrogens with zero attached hydrogens (tertiary/aromatic N) is 3. The lowest BCUT2D eigenvalue weighted by atomic mass is 10.3. The zero-order valence-corrected chi connectivity index (χ0v) is 16.3. The summed E-state index contributed by atoms with van der Waals surface area (Å²) in [5, 5.41) is 4.59. The molecule has 0 fully saturated rings. The van der Waals surface area contributed by atoms with Crippen molar-refractivity contribution in [3.8, 4) is 0 Å². The Labute approximate surface area is 144 Å². The van der Waals surface area contributed by atoms with Gasteiger partial charge in [0.2, 0.25) is 5.28 Å². The number of hydrogen-bond acceptors (Lipinski definition) is 4. The van der Waals surface area contributed by atoms with Crippen LogP contribution in [0.4, 0.5) is 5.82 Å². The zero-order valence-electron chi connectivity index (χ0n) is 14.5. The Bertz CT molecular complexity index is 639. The minimum absolute atomic E-state index is 0.263. The Hall–Kier alpha value is -1.11. The van der Waals surface area contributed by atoms with Gasteiger partial charge in [-0.25, -0.2) is 4.98 Å². The number of aromatic nitrogens is 3. The van der Waals surface area contributed by atoms with Crippen molar-refractivity contribution >= 4 is 36.5 Å². The van der Waals surface area contributed by atoms with Gasteiger partial charge in [0.1, 0.15) is 18.2 Å². The fraction of sp³-hybridized carbons (Fsp3) is 0.625. The topological polar surface area (TPSA) is 52.0 Å². The van der Waals surface area contributed by atoms with E-state index in [4.69, 9.17) is 16.3 Å². The Morgan fingerprint density at radius 1 is 1.30 bits per heavy atom. The molecule has 0 aliphatic rings. The highest BCUT2D eigenvalue weighted by atomic mass is 35.5. The van der Waals surface area contributed by atoms with E-state index >= 15 is 0 Å². The molecule has 2 aromatic heterocycles. The Balaban J connectivity index is 2.07. The highest BCUT2D eigenvalue weighted by Crippen LogP contribution is 2.23. The number of fused-ring (bicyclic) bond motifs is 1. The van der Waals surface area contributed by atoms with Gasteiger partial charge >= 0.3 is 0 Å². The van der Waals surface area contributed by atoms with Crippen LogP contribution in [0, 0.1) is 0 Å². The summed E-state index contributed by atoms with van der Waals surface area (Å²) >= 11 is 6.08. The van der Waals surface area contributed by atoms with Gasteiger partial charge in [0.15, 0.2) is 0 Å². The number of unbranched alkanes of at least 4 members (excludes halogenated alkanes) is 1. The third kappa shape index (κ3) is 5.48. The predicted molar refractivity (Wildman–Crippen MR) is 100 cm³/mol. The molecule has 0 aliphatic heterocycles. The van der Waals surface area contributed by atoms with Crippen molar-refractivity contribution in [1.82, 2.24) is 14.5 Å². The number of halogens is 1. The van der Waals surface area contributed by atoms with Crippen LogP contribution in [-0.4, -0.2) is 35.8 Å². The number of ether oxygens (including phenoxy) is 1. The van der Waals surface area contributed by atoms with Crippen LogP contribution in [0.25, 0.3) is 11.0 Å². The van der Waals surface area contributed by atoms with Crippen molar-refractivity contribution < 1.29 is 4.74 Å². The minimum atomic E-state index is -1.06. The summed E-state index contributed by atoms with van der Waals surface area (Å²) in [4.78, 5) is 8.67. The molecule has 0 amide bonds. The number of hydrogen-bond donors (Lipinski definition) is 1. The average molecular weight is 355 g/mol. The first-order valence-electron chi connectivity index (χ1n) is 8.25. The molecular weight excluding hydrogens is 328 g/mol. The molecular formula is C16H27ClN4OSi. The van der Waals surface area contributed by atoms with Crippen molar-refractivity contribution in [3.63, 3.8) is 0 Å². The van der Waals surface area contributed by atoms with Crippen LogP contribution < -0.4 is 5.32 Å². The first-order valence-corrected chi connectivity index (χ1v) is 12.3. The van der Waals surface area contributed by atoms with Crippen molar-refractivity contribution in [2.75, 3.05) is 18.5 Å². The van der Waals surface area contributed by atoms with Gasteiger partial charge in [0.05, 0.1) is 5.39 Å². The standard InChI is InChI=1S/C16H27ClN4OSi/c1-5-6-8-18-14-13-7-9-21(15(13)20-16(17)19-14)12-22-10-11-23(2,3)4/h7,9H,5-6,8,10-12H2,1-4H3,(H,18,19,20). The quantitative estimate of drug-likeness (QED) is 0.406. The fourth-order valence-electron chi connectivity index (χ4n) is 2.20. The van der Waals surface area contributed by atoms with Crippen LogP contribution in [0.5, 0.6) is 0 Å². The van der Waals surface area contributed by atoms with Gasteiger partial charge in [-0.1, -0.05) is 33.0 Å². The van der Waals surface area contributed by atoms with E-state index in [1.54, 1.807) is 0 Å². The molecule has 0 aromatic carbocycles. The van der Waals surface area contributed by atoms with Gasteiger partial charge in [-0.15, -0.1) is 0 Å². The third-order valence-corrected chi connectivity index (χ3v) is 5.51. The first kappa shape index (κ1) is 18.2. The van der Waals surface area contributed by atoms with E-state index in [0.717, 1.165) is 48.9 Å². The SMILES string of the molecule is CCCCNc1nc(Cl)nc2c1ccn2COCC[Si](C)(C)C. The van der Waals surface area contributed by atoms with E-state index < -0.39 is 8.07 Å². The maximum Gasteiger partial charge on any atom is 0.226 e. The molecule has 0 saturated heterocycles. The van der Waals surface area contributed by atoms with E-state index in [0.29, 0.717) is 6.73 Å². The first-order chi connectivity index (χ1) is 10.9. The maximum atomic E-state index is 6.08. The monoisotopic (exact) mass is 354 g/mol. The molecule has 0 atom stereocenters. The Kier molecular flexibility index (Phi) is 6.44. The molecule has 5 nitrogen and oxygen atoms in total. The van der Waals surface area contributed by atoms with Crippen LogP contribution in [0.1, 0.15) is 19.8 Å². The summed E-state index contributed by atoms with van der Waals surface area (Å²) in [6.45, 7) is 11.4. The summed E-state index contributed by atoms with van der Waals surface area (Å²) in [6.07, 6.45) is 4.22. The van der Waals surface area contributed by atoms with E-state index in [1.807, 2.05) is 16.8 Å². The number of anilines is 1. The van der Waals surface area contributed by atoms with Gasteiger partial charge in [0.25, 0.3) is 0 Å². The van der Waals surface area contributed by atoms with Crippen LogP contribution in [0.2, 0.25) is 31.0 Å². The van der Waals surface area contributed by atoms with Gasteiger partial charge in [0, 0.05) is 27.4 Å². The normalized spacial score (nSPS) is 12.0. The summed E-state index contributed by atoms with van der Waals surface area (Å²) in [5.74, 6) is 0.800. The van der Waals surface area contributed by atoms with E-state index in [2.05, 4.69) is 41.8 Å². The highest BCUT2D eigenvalue weighted by Gasteiger charge is 2.13. The van der Waals surface area contributed by atoms with Crippen molar-refractivity contribution in [2.45, 2.75) is 52.2 Å². The lowest BCUT2D eigenvalue weighted by Crippen LogP contribution is -2.22. The van der Waals surface area contributed by atoms with Crippen LogP contribution in [0.3, 0.4) is 0 Å². The average Bonchev–Trinajstić information content (AvgIpc) is 2.86. The summed E-state index contributed by atoms with van der Waals surface area (Å²) < 4.78 is 7.80. The Morgan fingerprint density at radius 3 is 2.78 bits per heavy atom. The second kappa shape index (κ2) is 8.12. The number of nitrogens with one attached hydrogen (secondary N) is 1. The molecule has 0 unspecified atom stereocenters. The highest BCUT2D eigenvalue weighted by molar-refractivity contribution is 6.76. The van der Waals surface area contributed by atoms with E-state index in [-0.39, 0.29) is 5.28 Å². The predicted octanol–water partition coefficient (Wildman–Crippen LogP) is 4.61. The lowest BCUT2D eigenvalue weighted by molar-refractivity contribution is 0.0899. The van der Waals surface area contributed by atoms with Gasteiger partial charge in [-0.05, 0) is 30.1 Å². The van der Waals surface area contributed by atoms with Crippen LogP contribution in [0.15, 0.2) is 12.3 Å². The molecule has 0 radical (unpaired) electrons. The lowest BCUT2D eigenvalue weighted by Gasteiger charge is -2.15. The van der Waals surface area contributed by atoms with Gasteiger partial charge < -0.3 is 14.6 Å². The van der Waals surface area contributed by atoms with E-state index in [1.165, 1.54) is 0 Å². The van der Waals surface area contributed by atoms with Crippen molar-refractivity contribution in [2.24, 2.45) is 0 Å². The van der Waals surface area contributed by atoms with Gasteiger partial charge in [-0.3, -0.25) is 0 Å². The summed E-state index contributed by atoms with van der Waals surface area (Å²) in [6, 6.07) is 3.17. The molecule has 0 bridgehead atoms. The Morgan fingerprint density at radius 2 is 2.09 bits per heavy atom. The molecule has 2 rings (SSSR count). The number of rotatable bonds is 9. The van der Waals surface area contributed by atoms with Crippen molar-refractivity contribution in [1.29, 1.82) is 0 Å². The van der Waals surface area contributed by atoms with Crippen LogP contribution >= 0.6 is 11.6 Å². The second-order valence-corrected chi connectivity index (χ2v) is 13.0. The molecule has 0 aliphatic carbocycles. The molecule has 23 heavy (non-hydrogen) atoms. The molecule has 0 saturated carbocycles. The minimum Gasteiger partial charge on any atom is -0.369 e. The summed E-state index contributed by atoms with van der Waals surface area (Å²) in [5.41, 5.74) is 0.817. The fourth-order valence-corrected chi connectivity index (χ4v) is 3.12. The molecule has 2 heterocycles. The molecule has 7 heteroatoms. The third-order valence-electron chi connectivity index (χ3n) is 3.64. The van der Waals surface area contributed by atoms with Crippen LogP contribution in [-0.2, 0) is 11.5 Å². The zero-order chi connectivity index (χ0) is 16.9. The summed E-state index contributed by atoms with van der Waals surface area (Å²) in [7, 11) is -1.06. The molecule has 1 N–H and O–H groups in total. The van der Waals surface area contributed by atoms with E-state index in [9.17, 15) is 0 Å². The molecule has 0 spiro atoms. The second-order valence-electron chi connectivity index (χ2n) is 6.99. The van der Waals surface area contributed by atoms with Crippen molar-refractivity contribution in [3.05, 3.63) is 17.5 Å². The van der Waals surface area contributed by atoms with Gasteiger partial charge in [-0.2, -0.15) is 4.98 Å². The smallest absolute Gasteiger partial charge is 0.226 e.